The molecule has 1 aromatic carbocycles. The summed E-state index contributed by atoms with van der Waals surface area (Å²) in [7, 11) is 2.18. The zero-order valence-electron chi connectivity index (χ0n) is 15.2. The van der Waals surface area contributed by atoms with E-state index in [1.807, 2.05) is 25.1 Å². The number of aryl methyl sites for hydroxylation is 1. The van der Waals surface area contributed by atoms with Gasteiger partial charge in [0.05, 0.1) is 19.3 Å². The number of rotatable bonds is 3. The Bertz CT molecular complexity index is 767. The van der Waals surface area contributed by atoms with Crippen molar-refractivity contribution in [2.24, 2.45) is 5.92 Å². The lowest BCUT2D eigenvalue weighted by Crippen LogP contribution is -2.42. The molecule has 0 amide bonds. The Morgan fingerprint density at radius 2 is 1.92 bits per heavy atom. The molecule has 2 saturated heterocycles. The predicted octanol–water partition coefficient (Wildman–Crippen LogP) is 2.00. The Hall–Kier alpha value is -2.38. The maximum atomic E-state index is 9.43. The number of aromatic hydroxyl groups is 1. The van der Waals surface area contributed by atoms with Crippen LogP contribution < -0.4 is 10.2 Å². The number of aromatic nitrogens is 2. The van der Waals surface area contributed by atoms with E-state index in [-0.39, 0.29) is 5.75 Å². The van der Waals surface area contributed by atoms with Gasteiger partial charge >= 0.3 is 0 Å². The fourth-order valence-corrected chi connectivity index (χ4v) is 3.68. The van der Waals surface area contributed by atoms with Crippen molar-refractivity contribution >= 4 is 17.5 Å². The number of anilines is 3. The van der Waals surface area contributed by atoms with Crippen LogP contribution in [-0.2, 0) is 4.74 Å². The fraction of sp³-hybridized carbons (Fsp3) is 0.474. The van der Waals surface area contributed by atoms with Gasteiger partial charge in [-0.05, 0) is 38.2 Å². The number of nitrogens with zero attached hydrogens (tertiary/aromatic N) is 4. The molecule has 26 heavy (non-hydrogen) atoms. The van der Waals surface area contributed by atoms with Crippen LogP contribution in [0.25, 0.3) is 0 Å². The van der Waals surface area contributed by atoms with Crippen LogP contribution in [0.15, 0.2) is 30.3 Å². The molecule has 0 unspecified atom stereocenters. The molecule has 2 aliphatic heterocycles. The van der Waals surface area contributed by atoms with Crippen molar-refractivity contribution < 1.29 is 9.84 Å². The smallest absolute Gasteiger partial charge is 0.229 e. The van der Waals surface area contributed by atoms with Crippen molar-refractivity contribution in [3.63, 3.8) is 0 Å². The van der Waals surface area contributed by atoms with Crippen LogP contribution in [0.2, 0.25) is 0 Å². The maximum Gasteiger partial charge on any atom is 0.229 e. The molecule has 2 fully saturated rings. The molecule has 0 saturated carbocycles. The van der Waals surface area contributed by atoms with Crippen molar-refractivity contribution in [2.45, 2.75) is 13.0 Å². The number of phenolic OH excluding ortho intramolecular Hbond substituents is 1. The first-order valence-electron chi connectivity index (χ1n) is 9.01. The summed E-state index contributed by atoms with van der Waals surface area (Å²) in [5, 5.41) is 12.7. The topological polar surface area (TPSA) is 73.8 Å². The van der Waals surface area contributed by atoms with Gasteiger partial charge in [0.15, 0.2) is 0 Å². The van der Waals surface area contributed by atoms with Crippen LogP contribution >= 0.6 is 0 Å². The van der Waals surface area contributed by atoms with Gasteiger partial charge in [0, 0.05) is 43.0 Å². The summed E-state index contributed by atoms with van der Waals surface area (Å²) in [6.07, 6.45) is 0. The molecule has 2 bridgehead atoms. The molecular formula is C19H25N5O2. The molecule has 1 aromatic heterocycles. The highest BCUT2D eigenvalue weighted by Crippen LogP contribution is 2.25. The second-order valence-electron chi connectivity index (χ2n) is 7.26. The van der Waals surface area contributed by atoms with Gasteiger partial charge in [0.2, 0.25) is 5.95 Å². The minimum absolute atomic E-state index is 0.240. The van der Waals surface area contributed by atoms with E-state index in [1.165, 1.54) is 0 Å². The van der Waals surface area contributed by atoms with Crippen LogP contribution in [0.3, 0.4) is 0 Å². The van der Waals surface area contributed by atoms with Gasteiger partial charge in [-0.1, -0.05) is 0 Å². The maximum absolute atomic E-state index is 9.43. The summed E-state index contributed by atoms with van der Waals surface area (Å²) in [4.78, 5) is 14.0. The first kappa shape index (κ1) is 17.1. The molecule has 2 atom stereocenters. The molecule has 2 aliphatic rings. The van der Waals surface area contributed by atoms with E-state index in [2.05, 4.69) is 27.1 Å². The van der Waals surface area contributed by atoms with E-state index in [1.54, 1.807) is 12.1 Å². The third-order valence-electron chi connectivity index (χ3n) is 5.03. The Morgan fingerprint density at radius 3 is 2.73 bits per heavy atom. The Labute approximate surface area is 153 Å². The first-order valence-corrected chi connectivity index (χ1v) is 9.01. The number of fused-ring (bicyclic) bond motifs is 3. The fourth-order valence-electron chi connectivity index (χ4n) is 3.68. The number of ether oxygens (including phenoxy) is 1. The predicted molar refractivity (Wildman–Crippen MR) is 101 cm³/mol. The van der Waals surface area contributed by atoms with Crippen LogP contribution in [0, 0.1) is 12.8 Å². The van der Waals surface area contributed by atoms with Gasteiger partial charge in [-0.3, -0.25) is 4.90 Å². The summed E-state index contributed by atoms with van der Waals surface area (Å²) in [6.45, 7) is 6.47. The molecule has 2 aromatic rings. The zero-order chi connectivity index (χ0) is 18.1. The van der Waals surface area contributed by atoms with E-state index >= 15 is 0 Å². The van der Waals surface area contributed by atoms with Crippen LogP contribution in [0.5, 0.6) is 5.75 Å². The summed E-state index contributed by atoms with van der Waals surface area (Å²) in [6, 6.07) is 9.33. The Balaban J connectivity index is 1.58. The third kappa shape index (κ3) is 3.73. The largest absolute Gasteiger partial charge is 0.508 e. The molecule has 4 rings (SSSR count). The van der Waals surface area contributed by atoms with Gasteiger partial charge < -0.3 is 20.1 Å². The highest BCUT2D eigenvalue weighted by Gasteiger charge is 2.32. The monoisotopic (exact) mass is 355 g/mol. The Morgan fingerprint density at radius 1 is 1.12 bits per heavy atom. The quantitative estimate of drug-likeness (QED) is 0.816. The van der Waals surface area contributed by atoms with Gasteiger partial charge in [0.1, 0.15) is 11.6 Å². The Kier molecular flexibility index (Phi) is 4.65. The van der Waals surface area contributed by atoms with E-state index in [0.29, 0.717) is 17.9 Å². The molecular weight excluding hydrogens is 330 g/mol. The van der Waals surface area contributed by atoms with E-state index in [4.69, 9.17) is 9.72 Å². The molecule has 7 nitrogen and oxygen atoms in total. The number of phenols is 1. The zero-order valence-corrected chi connectivity index (χ0v) is 15.2. The molecule has 2 N–H and O–H groups in total. The van der Waals surface area contributed by atoms with E-state index in [9.17, 15) is 5.11 Å². The molecule has 0 radical (unpaired) electrons. The summed E-state index contributed by atoms with van der Waals surface area (Å²) < 4.78 is 5.82. The van der Waals surface area contributed by atoms with Gasteiger partial charge in [0.25, 0.3) is 0 Å². The van der Waals surface area contributed by atoms with Gasteiger partial charge in [-0.2, -0.15) is 4.98 Å². The van der Waals surface area contributed by atoms with Crippen molar-refractivity contribution in [3.05, 3.63) is 36.0 Å². The number of hydrogen-bond donors (Lipinski definition) is 2. The average molecular weight is 355 g/mol. The number of nitrogens with one attached hydrogen (secondary N) is 1. The number of likely N-dealkylation sites (N-methyl/N-ethyl adjacent to an activating group) is 1. The van der Waals surface area contributed by atoms with Crippen molar-refractivity contribution in [3.8, 4) is 5.75 Å². The second kappa shape index (κ2) is 7.09. The third-order valence-corrected chi connectivity index (χ3v) is 5.03. The van der Waals surface area contributed by atoms with E-state index in [0.717, 1.165) is 50.0 Å². The average Bonchev–Trinajstić information content (AvgIpc) is 2.85. The van der Waals surface area contributed by atoms with Gasteiger partial charge in [-0.25, -0.2) is 4.98 Å². The van der Waals surface area contributed by atoms with Crippen LogP contribution in [0.4, 0.5) is 17.5 Å². The van der Waals surface area contributed by atoms with Crippen molar-refractivity contribution in [2.75, 3.05) is 50.1 Å². The molecule has 0 aliphatic carbocycles. The SMILES string of the molecule is Cc1cc(N2C[C@@H]3COC[C@H](C2)N(C)C3)nc(Nc2ccc(O)cc2)n1. The lowest BCUT2D eigenvalue weighted by molar-refractivity contribution is 0.0930. The molecule has 138 valence electrons. The van der Waals surface area contributed by atoms with Gasteiger partial charge in [-0.15, -0.1) is 0 Å². The lowest BCUT2D eigenvalue weighted by atomic mass is 10.1. The molecule has 3 heterocycles. The number of hydrogen-bond acceptors (Lipinski definition) is 7. The highest BCUT2D eigenvalue weighted by atomic mass is 16.5. The molecule has 0 spiro atoms. The number of benzene rings is 1. The van der Waals surface area contributed by atoms with Crippen molar-refractivity contribution in [1.82, 2.24) is 14.9 Å². The second-order valence-corrected chi connectivity index (χ2v) is 7.26. The minimum atomic E-state index is 0.240. The summed E-state index contributed by atoms with van der Waals surface area (Å²) >= 11 is 0. The lowest BCUT2D eigenvalue weighted by Gasteiger charge is -2.30. The van der Waals surface area contributed by atoms with Crippen molar-refractivity contribution in [1.29, 1.82) is 0 Å². The van der Waals surface area contributed by atoms with Crippen LogP contribution in [-0.4, -0.2) is 65.9 Å². The van der Waals surface area contributed by atoms with E-state index < -0.39 is 0 Å². The summed E-state index contributed by atoms with van der Waals surface area (Å²) in [5.41, 5.74) is 1.77. The minimum Gasteiger partial charge on any atom is -0.508 e. The van der Waals surface area contributed by atoms with Crippen LogP contribution in [0.1, 0.15) is 5.69 Å². The first-order chi connectivity index (χ1) is 12.6. The summed E-state index contributed by atoms with van der Waals surface area (Å²) in [5.74, 6) is 2.25. The molecule has 7 heteroatoms. The normalized spacial score (nSPS) is 23.5. The standard InChI is InChI=1S/C19H25N5O2/c1-13-7-18(22-19(20-13)21-15-3-5-17(25)6-4-15)24-9-14-8-23(2)16(10-24)12-26-11-14/h3-7,14,16,25H,8-12H2,1-2H3,(H,20,21,22)/t14-,16+/m1/s1. The highest BCUT2D eigenvalue weighted by molar-refractivity contribution is 5.56.